The van der Waals surface area contributed by atoms with E-state index in [0.717, 1.165) is 42.5 Å². The average molecular weight is 987 g/mol. The zero-order chi connectivity index (χ0) is 51.4. The highest BCUT2D eigenvalue weighted by atomic mass is 15.0. The number of hydrogen-bond acceptors (Lipinski definition) is 1. The van der Waals surface area contributed by atoms with Crippen LogP contribution in [0.1, 0.15) is 135 Å². The maximum absolute atomic E-state index is 4.65. The fourth-order valence-corrected chi connectivity index (χ4v) is 12.8. The molecule has 4 heteroatoms. The number of nitrogens with zero attached hydrogens (tertiary/aromatic N) is 4. The van der Waals surface area contributed by atoms with Crippen molar-refractivity contribution in [2.45, 2.75) is 138 Å². The van der Waals surface area contributed by atoms with Crippen molar-refractivity contribution in [2.75, 3.05) is 0 Å². The molecule has 0 N–H and O–H groups in total. The summed E-state index contributed by atoms with van der Waals surface area (Å²) in [7, 11) is 0. The molecule has 0 saturated heterocycles. The molecule has 11 aromatic rings. The minimum Gasteiger partial charge on any atom is -0.309 e. The number of pyridine rings is 1. The molecule has 3 atom stereocenters. The summed E-state index contributed by atoms with van der Waals surface area (Å²) >= 11 is 0. The molecule has 4 nitrogen and oxygen atoms in total. The third-order valence-electron chi connectivity index (χ3n) is 17.2. The normalized spacial score (nSPS) is 13.3. The number of benzene rings is 7. The predicted molar refractivity (Wildman–Crippen MR) is 324 cm³/mol. The van der Waals surface area contributed by atoms with Crippen LogP contribution in [0, 0.1) is 17.8 Å². The smallest absolute Gasteiger partial charge is 0.0724 e. The Hall–Kier alpha value is -6.91. The zero-order valence-electron chi connectivity index (χ0n) is 45.7. The van der Waals surface area contributed by atoms with E-state index in [0.29, 0.717) is 0 Å². The second-order valence-corrected chi connectivity index (χ2v) is 22.1. The van der Waals surface area contributed by atoms with E-state index in [4.69, 9.17) is 0 Å². The van der Waals surface area contributed by atoms with E-state index in [9.17, 15) is 0 Å². The van der Waals surface area contributed by atoms with Gasteiger partial charge in [0.2, 0.25) is 0 Å². The maximum atomic E-state index is 4.65. The Labute approximate surface area is 446 Å². The third kappa shape index (κ3) is 9.82. The van der Waals surface area contributed by atoms with Crippen LogP contribution in [0.15, 0.2) is 164 Å². The van der Waals surface area contributed by atoms with Crippen molar-refractivity contribution < 1.29 is 0 Å². The summed E-state index contributed by atoms with van der Waals surface area (Å²) in [5.41, 5.74) is 17.6. The molecule has 11 rings (SSSR count). The van der Waals surface area contributed by atoms with Crippen molar-refractivity contribution >= 4 is 65.4 Å². The molecule has 75 heavy (non-hydrogen) atoms. The van der Waals surface area contributed by atoms with Crippen LogP contribution in [-0.2, 0) is 19.3 Å². The lowest BCUT2D eigenvalue weighted by atomic mass is 9.90. The topological polar surface area (TPSA) is 27.7 Å². The van der Waals surface area contributed by atoms with Crippen LogP contribution in [0.2, 0.25) is 0 Å². The maximum Gasteiger partial charge on any atom is 0.0724 e. The molecular weight excluding hydrogens is 909 g/mol. The molecule has 0 spiro atoms. The first-order chi connectivity index (χ1) is 36.9. The van der Waals surface area contributed by atoms with Crippen molar-refractivity contribution in [1.29, 1.82) is 0 Å². The van der Waals surface area contributed by atoms with Crippen LogP contribution in [0.4, 0.5) is 0 Å². The summed E-state index contributed by atoms with van der Waals surface area (Å²) < 4.78 is 7.45. The molecule has 0 bridgehead atoms. The second-order valence-electron chi connectivity index (χ2n) is 22.1. The van der Waals surface area contributed by atoms with Gasteiger partial charge in [-0.3, -0.25) is 4.98 Å². The standard InChI is InChI=1S/C71H78N4/c1-7-13-20-49(10-4)41-52-27-32-56(33-28-52)73-69-37-31-55(46-63(69)60-39-40-72-48-71(60)73)58-23-16-18-25-65(58)75-66-26-19-17-24-59(66)64-47-57(34-38-70(64)75)74-67-35-29-53(42-50(11-5)21-14-8-2)44-61(67)62-45-54(30-36-68(62)74)43-51(12-6)22-15-9-3/h16-19,23-40,44-51H,7-15,20-22,41-43H2,1-6H3. The summed E-state index contributed by atoms with van der Waals surface area (Å²) in [6.07, 6.45) is 22.7. The van der Waals surface area contributed by atoms with Gasteiger partial charge in [-0.15, -0.1) is 0 Å². The minimum absolute atomic E-state index is 0.717. The Morgan fingerprint density at radius 2 is 0.840 bits per heavy atom. The SMILES string of the molecule is CCCCC(CC)Cc1ccc(-n2c3ccc(-c4ccccc4-n4c5ccccc5c5cc(-n6c7ccc(CC(CC)CCCC)cc7c7cc(CC(CC)CCCC)ccc76)ccc54)cc3c3ccncc32)cc1. The van der Waals surface area contributed by atoms with E-state index in [-0.39, 0.29) is 0 Å². The number of unbranched alkanes of at least 4 members (excludes halogenated alkanes) is 3. The van der Waals surface area contributed by atoms with Crippen LogP contribution in [0.5, 0.6) is 0 Å². The van der Waals surface area contributed by atoms with E-state index < -0.39 is 0 Å². The fourth-order valence-electron chi connectivity index (χ4n) is 12.8. The minimum atomic E-state index is 0.717. The molecule has 382 valence electrons. The van der Waals surface area contributed by atoms with Crippen molar-refractivity contribution in [3.05, 3.63) is 181 Å². The molecule has 4 aromatic heterocycles. The molecule has 0 fully saturated rings. The molecule has 0 aliphatic rings. The molecule has 7 aromatic carbocycles. The Kier molecular flexibility index (Phi) is 15.1. The van der Waals surface area contributed by atoms with Gasteiger partial charge in [-0.05, 0) is 144 Å². The number of para-hydroxylation sites is 2. The lowest BCUT2D eigenvalue weighted by Gasteiger charge is -2.16. The van der Waals surface area contributed by atoms with Gasteiger partial charge < -0.3 is 13.7 Å². The molecule has 3 unspecified atom stereocenters. The van der Waals surface area contributed by atoms with E-state index in [1.807, 2.05) is 12.4 Å². The molecule has 4 heterocycles. The van der Waals surface area contributed by atoms with E-state index in [1.54, 1.807) is 0 Å². The van der Waals surface area contributed by atoms with Crippen LogP contribution in [0.25, 0.3) is 93.6 Å². The molecule has 0 radical (unpaired) electrons. The summed E-state index contributed by atoms with van der Waals surface area (Å²) in [6.45, 7) is 14.0. The van der Waals surface area contributed by atoms with Crippen molar-refractivity contribution in [3.8, 4) is 28.2 Å². The number of fused-ring (bicyclic) bond motifs is 9. The Balaban J connectivity index is 1.01. The monoisotopic (exact) mass is 987 g/mol. The van der Waals surface area contributed by atoms with Gasteiger partial charge in [0.05, 0.1) is 45.0 Å². The van der Waals surface area contributed by atoms with Crippen LogP contribution < -0.4 is 0 Å². The van der Waals surface area contributed by atoms with E-state index in [2.05, 4.69) is 212 Å². The quantitative estimate of drug-likeness (QED) is 0.0665. The van der Waals surface area contributed by atoms with E-state index in [1.165, 1.54) is 182 Å². The van der Waals surface area contributed by atoms with Crippen molar-refractivity contribution in [2.24, 2.45) is 17.8 Å². The third-order valence-corrected chi connectivity index (χ3v) is 17.2. The van der Waals surface area contributed by atoms with Crippen LogP contribution >= 0.6 is 0 Å². The highest BCUT2D eigenvalue weighted by Crippen LogP contribution is 2.42. The molecule has 0 aliphatic carbocycles. The summed E-state index contributed by atoms with van der Waals surface area (Å²) in [5, 5.41) is 7.71. The van der Waals surface area contributed by atoms with Gasteiger partial charge in [-0.25, -0.2) is 0 Å². The van der Waals surface area contributed by atoms with Crippen LogP contribution in [0.3, 0.4) is 0 Å². The number of rotatable bonds is 22. The lowest BCUT2D eigenvalue weighted by Crippen LogP contribution is -2.03. The van der Waals surface area contributed by atoms with Crippen molar-refractivity contribution in [1.82, 2.24) is 18.7 Å². The van der Waals surface area contributed by atoms with Gasteiger partial charge >= 0.3 is 0 Å². The molecule has 0 amide bonds. The summed E-state index contributed by atoms with van der Waals surface area (Å²) in [5.74, 6) is 2.17. The molecule has 0 aliphatic heterocycles. The Morgan fingerprint density at radius 1 is 0.373 bits per heavy atom. The Bertz CT molecular complexity index is 3670. The molecular formula is C71H78N4. The van der Waals surface area contributed by atoms with Crippen LogP contribution in [-0.4, -0.2) is 18.7 Å². The van der Waals surface area contributed by atoms with Gasteiger partial charge in [0.25, 0.3) is 0 Å². The van der Waals surface area contributed by atoms with E-state index >= 15 is 0 Å². The second kappa shape index (κ2) is 22.5. The highest BCUT2D eigenvalue weighted by molar-refractivity contribution is 6.14. The van der Waals surface area contributed by atoms with Gasteiger partial charge in [-0.1, -0.05) is 185 Å². The largest absolute Gasteiger partial charge is 0.309 e. The first kappa shape index (κ1) is 50.3. The van der Waals surface area contributed by atoms with Gasteiger partial charge in [-0.2, -0.15) is 0 Å². The van der Waals surface area contributed by atoms with Crippen molar-refractivity contribution in [3.63, 3.8) is 0 Å². The summed E-state index contributed by atoms with van der Waals surface area (Å²) in [4.78, 5) is 4.65. The number of hydrogen-bond donors (Lipinski definition) is 0. The van der Waals surface area contributed by atoms with Gasteiger partial charge in [0.1, 0.15) is 0 Å². The zero-order valence-corrected chi connectivity index (χ0v) is 45.7. The first-order valence-electron chi connectivity index (χ1n) is 29.1. The molecule has 0 saturated carbocycles. The highest BCUT2D eigenvalue weighted by Gasteiger charge is 2.22. The first-order valence-corrected chi connectivity index (χ1v) is 29.1. The summed E-state index contributed by atoms with van der Waals surface area (Å²) in [6, 6.07) is 58.5. The van der Waals surface area contributed by atoms with Gasteiger partial charge in [0, 0.05) is 55.5 Å². The lowest BCUT2D eigenvalue weighted by molar-refractivity contribution is 0.449. The fraction of sp³-hybridized carbons (Fsp3) is 0.338. The average Bonchev–Trinajstić information content (AvgIpc) is 4.13. The predicted octanol–water partition coefficient (Wildman–Crippen LogP) is 20.3. The Morgan fingerprint density at radius 3 is 1.47 bits per heavy atom. The number of aromatic nitrogens is 4. The van der Waals surface area contributed by atoms with Gasteiger partial charge in [0.15, 0.2) is 0 Å².